The van der Waals surface area contributed by atoms with Gasteiger partial charge in [-0.2, -0.15) is 0 Å². The zero-order valence-corrected chi connectivity index (χ0v) is 8.80. The lowest BCUT2D eigenvalue weighted by atomic mass is 10.3. The fraction of sp³-hybridized carbons (Fsp3) is 0.625. The number of nitrogens with zero attached hydrogens (tertiary/aromatic N) is 2. The lowest BCUT2D eigenvalue weighted by molar-refractivity contribution is 0.0954. The Labute approximate surface area is 86.3 Å². The molecule has 0 bridgehead atoms. The van der Waals surface area contributed by atoms with Crippen molar-refractivity contribution >= 4 is 17.4 Å². The van der Waals surface area contributed by atoms with E-state index in [9.17, 15) is 4.79 Å². The third kappa shape index (κ3) is 2.74. The normalized spacial score (nSPS) is 10.1. The Morgan fingerprint density at radius 3 is 3.07 bits per heavy atom. The van der Waals surface area contributed by atoms with Gasteiger partial charge in [-0.3, -0.25) is 4.79 Å². The predicted octanol–water partition coefficient (Wildman–Crippen LogP) is 0.213. The summed E-state index contributed by atoms with van der Waals surface area (Å²) in [6.45, 7) is 2.50. The maximum Gasteiger partial charge on any atom is 0.264 e. The van der Waals surface area contributed by atoms with Gasteiger partial charge in [0.1, 0.15) is 4.88 Å². The molecule has 5 nitrogen and oxygen atoms in total. The molecule has 0 spiro atoms. The Balaban J connectivity index is 2.51. The highest BCUT2D eigenvalue weighted by Gasteiger charge is 2.13. The fourth-order valence-corrected chi connectivity index (χ4v) is 1.64. The van der Waals surface area contributed by atoms with Crippen LogP contribution in [0.3, 0.4) is 0 Å². The number of hydrogen-bond acceptors (Lipinski definition) is 5. The van der Waals surface area contributed by atoms with E-state index < -0.39 is 0 Å². The summed E-state index contributed by atoms with van der Waals surface area (Å²) in [5.41, 5.74) is 0.733. The minimum Gasteiger partial charge on any atom is -0.396 e. The number of hydrogen-bond donors (Lipinski definition) is 2. The van der Waals surface area contributed by atoms with E-state index in [1.807, 2.05) is 6.92 Å². The van der Waals surface area contributed by atoms with Gasteiger partial charge in [0.15, 0.2) is 0 Å². The maximum absolute atomic E-state index is 11.5. The van der Waals surface area contributed by atoms with Gasteiger partial charge in [-0.1, -0.05) is 11.4 Å². The molecule has 0 unspecified atom stereocenters. The van der Waals surface area contributed by atoms with E-state index >= 15 is 0 Å². The number of aliphatic hydroxyl groups excluding tert-OH is 1. The van der Waals surface area contributed by atoms with Gasteiger partial charge >= 0.3 is 0 Å². The first-order valence-corrected chi connectivity index (χ1v) is 5.27. The number of aliphatic hydroxyl groups is 1. The van der Waals surface area contributed by atoms with Gasteiger partial charge in [0.25, 0.3) is 5.91 Å². The number of aryl methyl sites for hydroxylation is 1. The van der Waals surface area contributed by atoms with Crippen molar-refractivity contribution in [3.8, 4) is 0 Å². The molecule has 2 N–H and O–H groups in total. The number of carbonyl (C=O) groups is 1. The molecule has 6 heteroatoms. The lowest BCUT2D eigenvalue weighted by Crippen LogP contribution is -2.25. The monoisotopic (exact) mass is 215 g/mol. The van der Waals surface area contributed by atoms with Crippen LogP contribution in [0.1, 0.15) is 28.7 Å². The smallest absolute Gasteiger partial charge is 0.264 e. The molecule has 0 fully saturated rings. The molecule has 0 aromatic carbocycles. The van der Waals surface area contributed by atoms with Crippen molar-refractivity contribution in [3.63, 3.8) is 0 Å². The Bertz CT molecular complexity index is 301. The van der Waals surface area contributed by atoms with E-state index in [0.29, 0.717) is 24.3 Å². The minimum atomic E-state index is -0.148. The highest BCUT2D eigenvalue weighted by molar-refractivity contribution is 7.08. The maximum atomic E-state index is 11.5. The Hall–Kier alpha value is -1.01. The quantitative estimate of drug-likeness (QED) is 0.689. The summed E-state index contributed by atoms with van der Waals surface area (Å²) >= 11 is 1.10. The number of carbonyl (C=O) groups excluding carboxylic acids is 1. The van der Waals surface area contributed by atoms with Crippen LogP contribution in [0.15, 0.2) is 0 Å². The summed E-state index contributed by atoms with van der Waals surface area (Å²) in [7, 11) is 0. The van der Waals surface area contributed by atoms with E-state index in [4.69, 9.17) is 5.11 Å². The van der Waals surface area contributed by atoms with Gasteiger partial charge in [-0.25, -0.2) is 0 Å². The molecule has 1 amide bonds. The van der Waals surface area contributed by atoms with Crippen molar-refractivity contribution in [1.29, 1.82) is 0 Å². The van der Waals surface area contributed by atoms with Crippen LogP contribution in [0.4, 0.5) is 0 Å². The standard InChI is InChI=1S/C8H13N3O2S/c1-2-6-7(14-11-10-6)8(13)9-4-3-5-12/h12H,2-5H2,1H3,(H,9,13). The molecule has 0 aliphatic heterocycles. The molecule has 0 aliphatic rings. The summed E-state index contributed by atoms with van der Waals surface area (Å²) < 4.78 is 3.72. The summed E-state index contributed by atoms with van der Waals surface area (Å²) in [6, 6.07) is 0. The van der Waals surface area contributed by atoms with Crippen LogP contribution in [-0.2, 0) is 6.42 Å². The zero-order valence-electron chi connectivity index (χ0n) is 7.99. The number of rotatable bonds is 5. The van der Waals surface area contributed by atoms with Crippen LogP contribution in [0.2, 0.25) is 0 Å². The van der Waals surface area contributed by atoms with Gasteiger partial charge in [-0.15, -0.1) is 5.10 Å². The summed E-state index contributed by atoms with van der Waals surface area (Å²) in [4.78, 5) is 12.1. The van der Waals surface area contributed by atoms with Crippen LogP contribution in [-0.4, -0.2) is 33.8 Å². The average Bonchev–Trinajstić information content (AvgIpc) is 2.65. The summed E-state index contributed by atoms with van der Waals surface area (Å²) in [5, 5.41) is 15.1. The molecule has 1 heterocycles. The molecule has 14 heavy (non-hydrogen) atoms. The predicted molar refractivity (Wildman–Crippen MR) is 53.3 cm³/mol. The Morgan fingerprint density at radius 1 is 1.64 bits per heavy atom. The summed E-state index contributed by atoms with van der Waals surface area (Å²) in [6.07, 6.45) is 1.28. The minimum absolute atomic E-state index is 0.0852. The highest BCUT2D eigenvalue weighted by Crippen LogP contribution is 2.10. The molecule has 78 valence electrons. The van der Waals surface area contributed by atoms with E-state index in [2.05, 4.69) is 14.9 Å². The molecular weight excluding hydrogens is 202 g/mol. The molecular formula is C8H13N3O2S. The van der Waals surface area contributed by atoms with Crippen LogP contribution in [0, 0.1) is 0 Å². The molecule has 0 saturated carbocycles. The first-order valence-electron chi connectivity index (χ1n) is 4.49. The molecule has 0 radical (unpaired) electrons. The van der Waals surface area contributed by atoms with Crippen molar-refractivity contribution in [1.82, 2.24) is 14.9 Å². The first kappa shape index (κ1) is 11.1. The molecule has 0 aliphatic carbocycles. The number of aromatic nitrogens is 2. The zero-order chi connectivity index (χ0) is 10.4. The number of nitrogens with one attached hydrogen (secondary N) is 1. The third-order valence-corrected chi connectivity index (χ3v) is 2.48. The van der Waals surface area contributed by atoms with Crippen molar-refractivity contribution in [2.75, 3.05) is 13.2 Å². The second-order valence-corrected chi connectivity index (χ2v) is 3.49. The Kier molecular flexibility index (Phi) is 4.48. The van der Waals surface area contributed by atoms with Crippen LogP contribution in [0.5, 0.6) is 0 Å². The molecule has 1 aromatic rings. The lowest BCUT2D eigenvalue weighted by Gasteiger charge is -2.01. The molecule has 1 rings (SSSR count). The van der Waals surface area contributed by atoms with Gasteiger partial charge in [0.2, 0.25) is 0 Å². The first-order chi connectivity index (χ1) is 6.79. The Morgan fingerprint density at radius 2 is 2.43 bits per heavy atom. The van der Waals surface area contributed by atoms with Crippen molar-refractivity contribution < 1.29 is 9.90 Å². The average molecular weight is 215 g/mol. The van der Waals surface area contributed by atoms with Gasteiger partial charge in [-0.05, 0) is 24.4 Å². The largest absolute Gasteiger partial charge is 0.396 e. The van der Waals surface area contributed by atoms with Crippen LogP contribution >= 0.6 is 11.5 Å². The summed E-state index contributed by atoms with van der Waals surface area (Å²) in [5.74, 6) is -0.148. The fourth-order valence-electron chi connectivity index (χ4n) is 0.974. The SMILES string of the molecule is CCc1nnsc1C(=O)NCCCO. The van der Waals surface area contributed by atoms with E-state index in [0.717, 1.165) is 17.2 Å². The topological polar surface area (TPSA) is 75.1 Å². The highest BCUT2D eigenvalue weighted by atomic mass is 32.1. The third-order valence-electron chi connectivity index (χ3n) is 1.72. The van der Waals surface area contributed by atoms with Gasteiger partial charge in [0, 0.05) is 13.2 Å². The molecule has 0 atom stereocenters. The van der Waals surface area contributed by atoms with Crippen molar-refractivity contribution in [2.45, 2.75) is 19.8 Å². The van der Waals surface area contributed by atoms with Crippen LogP contribution < -0.4 is 5.32 Å². The van der Waals surface area contributed by atoms with E-state index in [-0.39, 0.29) is 12.5 Å². The second kappa shape index (κ2) is 5.66. The van der Waals surface area contributed by atoms with E-state index in [1.54, 1.807) is 0 Å². The van der Waals surface area contributed by atoms with Crippen molar-refractivity contribution in [2.24, 2.45) is 0 Å². The van der Waals surface area contributed by atoms with Crippen LogP contribution in [0.25, 0.3) is 0 Å². The van der Waals surface area contributed by atoms with Crippen molar-refractivity contribution in [3.05, 3.63) is 10.6 Å². The second-order valence-electron chi connectivity index (χ2n) is 2.74. The van der Waals surface area contributed by atoms with E-state index in [1.165, 1.54) is 0 Å². The molecule has 0 saturated heterocycles. The molecule has 1 aromatic heterocycles. The van der Waals surface area contributed by atoms with Gasteiger partial charge in [0.05, 0.1) is 5.69 Å². The number of amides is 1. The van der Waals surface area contributed by atoms with Gasteiger partial charge < -0.3 is 10.4 Å².